The van der Waals surface area contributed by atoms with Crippen molar-refractivity contribution in [2.45, 2.75) is 5.92 Å². The third kappa shape index (κ3) is 1.92. The molecule has 3 nitrogen and oxygen atoms in total. The number of alkyl halides is 2. The van der Waals surface area contributed by atoms with E-state index in [1.807, 2.05) is 0 Å². The fraction of sp³-hybridized carbons (Fsp3) is 0.375. The minimum absolute atomic E-state index is 0.0852. The minimum Gasteiger partial charge on any atom is -0.481 e. The zero-order chi connectivity index (χ0) is 9.90. The molecule has 2 N–H and O–H groups in total. The zero-order valence-electron chi connectivity index (χ0n) is 7.13. The molecule has 0 aromatic carbocycles. The number of rotatable bonds is 3. The lowest BCUT2D eigenvalue weighted by molar-refractivity contribution is 0.00311. The lowest BCUT2D eigenvalue weighted by atomic mass is 10.1. The van der Waals surface area contributed by atoms with Crippen molar-refractivity contribution in [2.75, 3.05) is 13.7 Å². The van der Waals surface area contributed by atoms with Crippen LogP contribution in [0.15, 0.2) is 18.3 Å². The fourth-order valence-electron chi connectivity index (χ4n) is 0.942. The molecule has 5 heteroatoms. The molecule has 1 rings (SSSR count). The van der Waals surface area contributed by atoms with E-state index >= 15 is 0 Å². The number of nitrogens with zero attached hydrogens (tertiary/aromatic N) is 1. The Kier molecular flexibility index (Phi) is 2.77. The Morgan fingerprint density at radius 1 is 1.62 bits per heavy atom. The van der Waals surface area contributed by atoms with Crippen molar-refractivity contribution in [3.05, 3.63) is 23.9 Å². The fourth-order valence-corrected chi connectivity index (χ4v) is 0.942. The summed E-state index contributed by atoms with van der Waals surface area (Å²) >= 11 is 0. The summed E-state index contributed by atoms with van der Waals surface area (Å²) in [5.41, 5.74) is 4.65. The second-order valence-electron chi connectivity index (χ2n) is 2.47. The van der Waals surface area contributed by atoms with E-state index in [1.165, 1.54) is 25.4 Å². The van der Waals surface area contributed by atoms with E-state index in [0.29, 0.717) is 0 Å². The van der Waals surface area contributed by atoms with Gasteiger partial charge in [0.05, 0.1) is 19.2 Å². The van der Waals surface area contributed by atoms with Gasteiger partial charge in [-0.25, -0.2) is 4.98 Å². The molecule has 0 fully saturated rings. The van der Waals surface area contributed by atoms with Crippen molar-refractivity contribution in [1.29, 1.82) is 0 Å². The van der Waals surface area contributed by atoms with Crippen LogP contribution in [0.4, 0.5) is 8.78 Å². The summed E-state index contributed by atoms with van der Waals surface area (Å²) in [5.74, 6) is -3.17. The smallest absolute Gasteiger partial charge is 0.290 e. The highest BCUT2D eigenvalue weighted by Crippen LogP contribution is 2.31. The van der Waals surface area contributed by atoms with Crippen LogP contribution in [-0.2, 0) is 5.92 Å². The summed E-state index contributed by atoms with van der Waals surface area (Å²) in [7, 11) is 1.29. The molecule has 72 valence electrons. The molecular weight excluding hydrogens is 178 g/mol. The van der Waals surface area contributed by atoms with Gasteiger partial charge in [0.2, 0.25) is 5.88 Å². The SMILES string of the molecule is COc1ncccc1C(F)(F)CN. The van der Waals surface area contributed by atoms with Gasteiger partial charge in [0, 0.05) is 6.20 Å². The molecule has 0 saturated carbocycles. The molecule has 1 aromatic heterocycles. The molecule has 0 saturated heterocycles. The molecule has 13 heavy (non-hydrogen) atoms. The zero-order valence-corrected chi connectivity index (χ0v) is 7.13. The highest BCUT2D eigenvalue weighted by atomic mass is 19.3. The second-order valence-corrected chi connectivity index (χ2v) is 2.47. The molecule has 0 radical (unpaired) electrons. The summed E-state index contributed by atoms with van der Waals surface area (Å²) in [5, 5.41) is 0. The van der Waals surface area contributed by atoms with Crippen molar-refractivity contribution < 1.29 is 13.5 Å². The number of hydrogen-bond donors (Lipinski definition) is 1. The molecule has 1 heterocycles. The number of methoxy groups -OCH3 is 1. The van der Waals surface area contributed by atoms with Gasteiger partial charge < -0.3 is 10.5 Å². The summed E-state index contributed by atoms with van der Waals surface area (Å²) in [4.78, 5) is 3.65. The van der Waals surface area contributed by atoms with Crippen LogP contribution >= 0.6 is 0 Å². The van der Waals surface area contributed by atoms with E-state index in [1.54, 1.807) is 0 Å². The van der Waals surface area contributed by atoms with E-state index < -0.39 is 12.5 Å². The van der Waals surface area contributed by atoms with E-state index in [2.05, 4.69) is 9.72 Å². The van der Waals surface area contributed by atoms with Crippen LogP contribution in [0.1, 0.15) is 5.56 Å². The number of ether oxygens (including phenoxy) is 1. The molecule has 0 spiro atoms. The maximum absolute atomic E-state index is 13.1. The number of hydrogen-bond acceptors (Lipinski definition) is 3. The summed E-state index contributed by atoms with van der Waals surface area (Å²) < 4.78 is 30.9. The van der Waals surface area contributed by atoms with Gasteiger partial charge >= 0.3 is 0 Å². The molecule has 0 aliphatic rings. The number of pyridine rings is 1. The van der Waals surface area contributed by atoms with Gasteiger partial charge in [-0.2, -0.15) is 8.78 Å². The van der Waals surface area contributed by atoms with Gasteiger partial charge in [-0.15, -0.1) is 0 Å². The lowest BCUT2D eigenvalue weighted by Gasteiger charge is -2.15. The molecule has 1 aromatic rings. The summed E-state index contributed by atoms with van der Waals surface area (Å²) in [6.45, 7) is -0.755. The van der Waals surface area contributed by atoms with Gasteiger partial charge in [0.1, 0.15) is 0 Å². The maximum atomic E-state index is 13.1. The largest absolute Gasteiger partial charge is 0.481 e. The van der Waals surface area contributed by atoms with Gasteiger partial charge in [-0.3, -0.25) is 0 Å². The third-order valence-electron chi connectivity index (χ3n) is 1.61. The number of halogens is 2. The number of nitrogens with two attached hydrogens (primary N) is 1. The molecule has 0 bridgehead atoms. The Morgan fingerprint density at radius 3 is 2.85 bits per heavy atom. The van der Waals surface area contributed by atoms with Gasteiger partial charge in [-0.05, 0) is 12.1 Å². The van der Waals surface area contributed by atoms with E-state index in [0.717, 1.165) is 0 Å². The molecule has 0 aliphatic carbocycles. The van der Waals surface area contributed by atoms with Crippen LogP contribution < -0.4 is 10.5 Å². The van der Waals surface area contributed by atoms with Crippen molar-refractivity contribution in [3.63, 3.8) is 0 Å². The Bertz CT molecular complexity index is 291. The van der Waals surface area contributed by atoms with Crippen LogP contribution in [0.25, 0.3) is 0 Å². The van der Waals surface area contributed by atoms with Crippen LogP contribution in [0.5, 0.6) is 5.88 Å². The summed E-state index contributed by atoms with van der Waals surface area (Å²) in [6, 6.07) is 2.67. The average molecular weight is 188 g/mol. The van der Waals surface area contributed by atoms with Crippen molar-refractivity contribution in [3.8, 4) is 5.88 Å². The van der Waals surface area contributed by atoms with Gasteiger partial charge in [0.15, 0.2) is 0 Å². The normalized spacial score (nSPS) is 11.4. The molecule has 0 atom stereocenters. The molecule has 0 unspecified atom stereocenters. The monoisotopic (exact) mass is 188 g/mol. The average Bonchev–Trinajstić information content (AvgIpc) is 2.18. The molecule has 0 amide bonds. The van der Waals surface area contributed by atoms with Gasteiger partial charge in [-0.1, -0.05) is 0 Å². The highest BCUT2D eigenvalue weighted by molar-refractivity contribution is 5.30. The van der Waals surface area contributed by atoms with Crippen molar-refractivity contribution >= 4 is 0 Å². The standard InChI is InChI=1S/C8H10F2N2O/c1-13-7-6(3-2-4-12-7)8(9,10)5-11/h2-4H,5,11H2,1H3. The van der Waals surface area contributed by atoms with E-state index in [9.17, 15) is 8.78 Å². The predicted molar refractivity (Wildman–Crippen MR) is 43.7 cm³/mol. The molecular formula is C8H10F2N2O. The van der Waals surface area contributed by atoms with Crippen LogP contribution in [0.3, 0.4) is 0 Å². The van der Waals surface area contributed by atoms with Crippen LogP contribution in [0, 0.1) is 0 Å². The van der Waals surface area contributed by atoms with Crippen LogP contribution in [0.2, 0.25) is 0 Å². The number of aromatic nitrogens is 1. The summed E-state index contributed by atoms with van der Waals surface area (Å²) in [6.07, 6.45) is 1.38. The first-order valence-electron chi connectivity index (χ1n) is 3.69. The Labute approximate surface area is 74.5 Å². The predicted octanol–water partition coefficient (Wildman–Crippen LogP) is 1.14. The lowest BCUT2D eigenvalue weighted by Crippen LogP contribution is -2.25. The van der Waals surface area contributed by atoms with Gasteiger partial charge in [0.25, 0.3) is 5.92 Å². The molecule has 0 aliphatic heterocycles. The third-order valence-corrected chi connectivity index (χ3v) is 1.61. The Hall–Kier alpha value is -1.23. The van der Waals surface area contributed by atoms with E-state index in [4.69, 9.17) is 5.73 Å². The quantitative estimate of drug-likeness (QED) is 0.773. The maximum Gasteiger partial charge on any atom is 0.290 e. The first-order chi connectivity index (χ1) is 6.11. The van der Waals surface area contributed by atoms with Crippen LogP contribution in [-0.4, -0.2) is 18.6 Å². The Balaban J connectivity index is 3.12. The minimum atomic E-state index is -3.08. The first kappa shape index (κ1) is 9.85. The van der Waals surface area contributed by atoms with E-state index in [-0.39, 0.29) is 11.4 Å². The topological polar surface area (TPSA) is 48.1 Å². The second kappa shape index (κ2) is 3.66. The van der Waals surface area contributed by atoms with Crippen molar-refractivity contribution in [1.82, 2.24) is 4.98 Å². The van der Waals surface area contributed by atoms with Crippen molar-refractivity contribution in [2.24, 2.45) is 5.73 Å². The first-order valence-corrected chi connectivity index (χ1v) is 3.69. The Morgan fingerprint density at radius 2 is 2.31 bits per heavy atom. The highest BCUT2D eigenvalue weighted by Gasteiger charge is 2.33.